The lowest BCUT2D eigenvalue weighted by atomic mass is 10.1. The Kier molecular flexibility index (Phi) is 6.26. The summed E-state index contributed by atoms with van der Waals surface area (Å²) >= 11 is 0. The number of hydrogen-bond acceptors (Lipinski definition) is 5. The molecular weight excluding hydrogens is 372 g/mol. The van der Waals surface area contributed by atoms with E-state index in [0.29, 0.717) is 11.4 Å². The summed E-state index contributed by atoms with van der Waals surface area (Å²) < 4.78 is 5.06. The lowest BCUT2D eigenvalue weighted by Gasteiger charge is -2.10. The Labute approximate surface area is 166 Å². The third-order valence-electron chi connectivity index (χ3n) is 4.10. The summed E-state index contributed by atoms with van der Waals surface area (Å²) in [6.45, 7) is -0.0596. The summed E-state index contributed by atoms with van der Waals surface area (Å²) in [4.78, 5) is 39.0. The van der Waals surface area contributed by atoms with E-state index in [9.17, 15) is 14.4 Å². The second-order valence-electron chi connectivity index (χ2n) is 6.07. The second kappa shape index (κ2) is 9.23. The van der Waals surface area contributed by atoms with E-state index in [1.54, 1.807) is 37.4 Å². The van der Waals surface area contributed by atoms with Crippen LogP contribution in [0.15, 0.2) is 71.5 Å². The molecule has 3 rings (SSSR count). The van der Waals surface area contributed by atoms with E-state index in [4.69, 9.17) is 4.74 Å². The van der Waals surface area contributed by atoms with Gasteiger partial charge in [0.25, 0.3) is 17.4 Å². The fourth-order valence-electron chi connectivity index (χ4n) is 2.57. The zero-order valence-electron chi connectivity index (χ0n) is 15.7. The van der Waals surface area contributed by atoms with Crippen LogP contribution in [0.5, 0.6) is 5.75 Å². The van der Waals surface area contributed by atoms with Crippen molar-refractivity contribution < 1.29 is 14.3 Å². The maximum atomic E-state index is 12.2. The number of methoxy groups -OCH3 is 1. The van der Waals surface area contributed by atoms with Gasteiger partial charge in [0.15, 0.2) is 0 Å². The zero-order chi connectivity index (χ0) is 20.6. The van der Waals surface area contributed by atoms with Crippen molar-refractivity contribution in [3.8, 4) is 17.0 Å². The van der Waals surface area contributed by atoms with Gasteiger partial charge in [-0.2, -0.15) is 0 Å². The normalized spacial score (nSPS) is 10.1. The van der Waals surface area contributed by atoms with Crippen LogP contribution in [0.1, 0.15) is 10.4 Å². The van der Waals surface area contributed by atoms with Crippen LogP contribution in [-0.2, 0) is 4.79 Å². The molecule has 0 saturated carbocycles. The number of hydrazine groups is 1. The van der Waals surface area contributed by atoms with E-state index in [2.05, 4.69) is 21.2 Å². The number of H-pyrrole nitrogens is 1. The van der Waals surface area contributed by atoms with Gasteiger partial charge >= 0.3 is 0 Å². The van der Waals surface area contributed by atoms with Gasteiger partial charge in [-0.25, -0.2) is 0 Å². The number of aromatic nitrogens is 1. The average Bonchev–Trinajstić information content (AvgIpc) is 2.77. The first-order valence-electron chi connectivity index (χ1n) is 8.82. The van der Waals surface area contributed by atoms with E-state index in [0.717, 1.165) is 11.3 Å². The third-order valence-corrected chi connectivity index (χ3v) is 4.10. The standard InChI is InChI=1S/C21H20N4O4/c1-29-16-9-7-15(8-10-16)22-13-19(26)24-25-21(28)17-11-12-18(23-20(17)27)14-5-3-2-4-6-14/h2-12,22H,13H2,1H3,(H,23,27)(H,24,26)(H,25,28). The Bertz CT molecular complexity index is 1050. The Hall–Kier alpha value is -4.07. The largest absolute Gasteiger partial charge is 0.497 e. The van der Waals surface area contributed by atoms with E-state index < -0.39 is 17.4 Å². The molecule has 0 atom stereocenters. The highest BCUT2D eigenvalue weighted by Crippen LogP contribution is 2.15. The number of hydrogen-bond donors (Lipinski definition) is 4. The number of benzene rings is 2. The summed E-state index contributed by atoms with van der Waals surface area (Å²) in [7, 11) is 1.57. The minimum Gasteiger partial charge on any atom is -0.497 e. The second-order valence-corrected chi connectivity index (χ2v) is 6.07. The monoisotopic (exact) mass is 392 g/mol. The fourth-order valence-corrected chi connectivity index (χ4v) is 2.57. The summed E-state index contributed by atoms with van der Waals surface area (Å²) in [5.74, 6) is -0.467. The predicted molar refractivity (Wildman–Crippen MR) is 110 cm³/mol. The molecule has 1 aromatic heterocycles. The van der Waals surface area contributed by atoms with Crippen molar-refractivity contribution in [1.82, 2.24) is 15.8 Å². The van der Waals surface area contributed by atoms with Crippen LogP contribution in [0.3, 0.4) is 0 Å². The van der Waals surface area contributed by atoms with E-state index in [1.165, 1.54) is 6.07 Å². The van der Waals surface area contributed by atoms with Crippen molar-refractivity contribution in [2.24, 2.45) is 0 Å². The predicted octanol–water partition coefficient (Wildman–Crippen LogP) is 1.92. The molecular formula is C21H20N4O4. The van der Waals surface area contributed by atoms with Gasteiger partial charge in [-0.05, 0) is 42.0 Å². The van der Waals surface area contributed by atoms with Gasteiger partial charge < -0.3 is 15.0 Å². The van der Waals surface area contributed by atoms with Crippen molar-refractivity contribution in [3.63, 3.8) is 0 Å². The Balaban J connectivity index is 1.53. The topological polar surface area (TPSA) is 112 Å². The molecule has 1 heterocycles. The number of ether oxygens (including phenoxy) is 1. The fraction of sp³-hybridized carbons (Fsp3) is 0.0952. The molecule has 4 N–H and O–H groups in total. The highest BCUT2D eigenvalue weighted by molar-refractivity contribution is 5.95. The summed E-state index contributed by atoms with van der Waals surface area (Å²) in [6, 6.07) is 19.4. The molecule has 29 heavy (non-hydrogen) atoms. The van der Waals surface area contributed by atoms with Crippen LogP contribution in [0.4, 0.5) is 5.69 Å². The summed E-state index contributed by atoms with van der Waals surface area (Å²) in [6.07, 6.45) is 0. The quantitative estimate of drug-likeness (QED) is 0.479. The minimum atomic E-state index is -0.705. The SMILES string of the molecule is COc1ccc(NCC(=O)NNC(=O)c2ccc(-c3ccccc3)[nH]c2=O)cc1. The van der Waals surface area contributed by atoms with Crippen LogP contribution in [0.2, 0.25) is 0 Å². The van der Waals surface area contributed by atoms with Gasteiger partial charge in [0.05, 0.1) is 13.7 Å². The number of pyridine rings is 1. The molecule has 2 aromatic carbocycles. The third kappa shape index (κ3) is 5.23. The van der Waals surface area contributed by atoms with Crippen LogP contribution >= 0.6 is 0 Å². The van der Waals surface area contributed by atoms with Gasteiger partial charge in [0, 0.05) is 11.4 Å². The minimum absolute atomic E-state index is 0.0596. The van der Waals surface area contributed by atoms with Gasteiger partial charge in [0.1, 0.15) is 11.3 Å². The molecule has 2 amide bonds. The van der Waals surface area contributed by atoms with Crippen LogP contribution in [0.25, 0.3) is 11.3 Å². The van der Waals surface area contributed by atoms with Gasteiger partial charge in [-0.1, -0.05) is 30.3 Å². The van der Waals surface area contributed by atoms with Crippen LogP contribution in [0, 0.1) is 0 Å². The molecule has 0 fully saturated rings. The molecule has 0 bridgehead atoms. The van der Waals surface area contributed by atoms with E-state index in [-0.39, 0.29) is 12.1 Å². The molecule has 0 aliphatic rings. The van der Waals surface area contributed by atoms with Crippen molar-refractivity contribution in [2.45, 2.75) is 0 Å². The lowest BCUT2D eigenvalue weighted by molar-refractivity contribution is -0.120. The lowest BCUT2D eigenvalue weighted by Crippen LogP contribution is -2.45. The number of carbonyl (C=O) groups is 2. The summed E-state index contributed by atoms with van der Waals surface area (Å²) in [5, 5.41) is 2.91. The molecule has 0 aliphatic carbocycles. The highest BCUT2D eigenvalue weighted by atomic mass is 16.5. The van der Waals surface area contributed by atoms with Crippen molar-refractivity contribution in [3.05, 3.63) is 82.6 Å². The first kappa shape index (κ1) is 19.7. The maximum absolute atomic E-state index is 12.2. The van der Waals surface area contributed by atoms with E-state index >= 15 is 0 Å². The molecule has 0 spiro atoms. The number of amides is 2. The first-order chi connectivity index (χ1) is 14.1. The van der Waals surface area contributed by atoms with E-state index in [1.807, 2.05) is 30.3 Å². The number of rotatable bonds is 6. The van der Waals surface area contributed by atoms with Crippen molar-refractivity contribution >= 4 is 17.5 Å². The maximum Gasteiger partial charge on any atom is 0.275 e. The molecule has 3 aromatic rings. The molecule has 0 unspecified atom stereocenters. The smallest absolute Gasteiger partial charge is 0.275 e. The Morgan fingerprint density at radius 3 is 2.31 bits per heavy atom. The Morgan fingerprint density at radius 1 is 0.931 bits per heavy atom. The Morgan fingerprint density at radius 2 is 1.66 bits per heavy atom. The van der Waals surface area contributed by atoms with Gasteiger partial charge in [0.2, 0.25) is 0 Å². The zero-order valence-corrected chi connectivity index (χ0v) is 15.7. The molecule has 0 saturated heterocycles. The number of aromatic amines is 1. The van der Waals surface area contributed by atoms with Crippen molar-refractivity contribution in [2.75, 3.05) is 19.0 Å². The van der Waals surface area contributed by atoms with Crippen LogP contribution < -0.4 is 26.5 Å². The molecule has 8 nitrogen and oxygen atoms in total. The van der Waals surface area contributed by atoms with Crippen molar-refractivity contribution in [1.29, 1.82) is 0 Å². The van der Waals surface area contributed by atoms with Crippen LogP contribution in [-0.4, -0.2) is 30.5 Å². The molecule has 148 valence electrons. The molecule has 8 heteroatoms. The summed E-state index contributed by atoms with van der Waals surface area (Å²) in [5.41, 5.74) is 6.00. The first-order valence-corrected chi connectivity index (χ1v) is 8.82. The van der Waals surface area contributed by atoms with Gasteiger partial charge in [-0.3, -0.25) is 25.2 Å². The van der Waals surface area contributed by atoms with Gasteiger partial charge in [-0.15, -0.1) is 0 Å². The number of carbonyl (C=O) groups excluding carboxylic acids is 2. The average molecular weight is 392 g/mol. The highest BCUT2D eigenvalue weighted by Gasteiger charge is 2.12. The number of anilines is 1. The number of nitrogens with one attached hydrogen (secondary N) is 4. The molecule has 0 radical (unpaired) electrons. The molecule has 0 aliphatic heterocycles.